The number of rotatable bonds is 4. The van der Waals surface area contributed by atoms with E-state index < -0.39 is 10.0 Å². The van der Waals surface area contributed by atoms with Gasteiger partial charge in [0.2, 0.25) is 10.0 Å². The molecule has 0 bridgehead atoms. The van der Waals surface area contributed by atoms with Gasteiger partial charge in [-0.15, -0.1) is 0 Å². The fourth-order valence-corrected chi connectivity index (χ4v) is 5.06. The quantitative estimate of drug-likeness (QED) is 0.779. The lowest BCUT2D eigenvalue weighted by atomic mass is 10.2. The van der Waals surface area contributed by atoms with Crippen LogP contribution in [0, 0.1) is 5.92 Å². The van der Waals surface area contributed by atoms with E-state index in [9.17, 15) is 8.42 Å². The highest BCUT2D eigenvalue weighted by molar-refractivity contribution is 9.11. The standard InChI is InChI=1S/C12H15Br2NO2S/c1-8(9-3-4-9)15(2)18(16,17)12-6-5-10(13)7-11(12)14/h5-9H,3-4H2,1-2H3. The summed E-state index contributed by atoms with van der Waals surface area (Å²) in [7, 11) is -1.77. The summed E-state index contributed by atoms with van der Waals surface area (Å²) >= 11 is 6.64. The number of halogens is 2. The van der Waals surface area contributed by atoms with Gasteiger partial charge in [-0.2, -0.15) is 4.31 Å². The topological polar surface area (TPSA) is 37.4 Å². The van der Waals surface area contributed by atoms with Gasteiger partial charge in [-0.1, -0.05) is 15.9 Å². The van der Waals surface area contributed by atoms with E-state index in [0.29, 0.717) is 15.3 Å². The van der Waals surface area contributed by atoms with Gasteiger partial charge in [-0.25, -0.2) is 8.42 Å². The first-order valence-corrected chi connectivity index (χ1v) is 8.79. The van der Waals surface area contributed by atoms with Gasteiger partial charge >= 0.3 is 0 Å². The van der Waals surface area contributed by atoms with Crippen LogP contribution in [0.1, 0.15) is 19.8 Å². The summed E-state index contributed by atoms with van der Waals surface area (Å²) in [5, 5.41) is 0. The van der Waals surface area contributed by atoms with Crippen molar-refractivity contribution in [3.05, 3.63) is 27.1 Å². The normalized spacial score (nSPS) is 18.1. The van der Waals surface area contributed by atoms with Crippen molar-refractivity contribution in [1.82, 2.24) is 4.31 Å². The van der Waals surface area contributed by atoms with Gasteiger partial charge < -0.3 is 0 Å². The third-order valence-electron chi connectivity index (χ3n) is 3.43. The summed E-state index contributed by atoms with van der Waals surface area (Å²) in [4.78, 5) is 0.320. The second kappa shape index (κ2) is 5.23. The Morgan fingerprint density at radius 3 is 2.44 bits per heavy atom. The molecule has 0 spiro atoms. The minimum Gasteiger partial charge on any atom is -0.207 e. The fourth-order valence-electron chi connectivity index (χ4n) is 1.93. The van der Waals surface area contributed by atoms with E-state index in [1.807, 2.05) is 6.92 Å². The first-order valence-electron chi connectivity index (χ1n) is 5.77. The molecular weight excluding hydrogens is 382 g/mol. The summed E-state index contributed by atoms with van der Waals surface area (Å²) in [5.74, 6) is 0.513. The van der Waals surface area contributed by atoms with Crippen LogP contribution in [0.5, 0.6) is 0 Å². The van der Waals surface area contributed by atoms with Crippen LogP contribution in [0.4, 0.5) is 0 Å². The van der Waals surface area contributed by atoms with E-state index in [4.69, 9.17) is 0 Å². The Morgan fingerprint density at radius 1 is 1.33 bits per heavy atom. The van der Waals surface area contributed by atoms with E-state index >= 15 is 0 Å². The molecule has 1 fully saturated rings. The van der Waals surface area contributed by atoms with Crippen LogP contribution >= 0.6 is 31.9 Å². The molecule has 1 aliphatic carbocycles. The molecule has 0 heterocycles. The molecule has 0 N–H and O–H groups in total. The van der Waals surface area contributed by atoms with Crippen molar-refractivity contribution in [1.29, 1.82) is 0 Å². The predicted octanol–water partition coefficient (Wildman–Crippen LogP) is 3.63. The molecule has 6 heteroatoms. The largest absolute Gasteiger partial charge is 0.244 e. The Hall–Kier alpha value is 0.0900. The molecular formula is C12H15Br2NO2S. The average Bonchev–Trinajstić information content (AvgIpc) is 3.10. The Morgan fingerprint density at radius 2 is 1.94 bits per heavy atom. The first kappa shape index (κ1) is 14.5. The minimum atomic E-state index is -3.43. The lowest BCUT2D eigenvalue weighted by Gasteiger charge is -2.24. The van der Waals surface area contributed by atoms with Crippen molar-refractivity contribution in [2.75, 3.05) is 7.05 Å². The van der Waals surface area contributed by atoms with Gasteiger partial charge in [0.15, 0.2) is 0 Å². The van der Waals surface area contributed by atoms with E-state index in [-0.39, 0.29) is 6.04 Å². The first-order chi connectivity index (χ1) is 8.34. The van der Waals surface area contributed by atoms with Crippen molar-refractivity contribution in [2.45, 2.75) is 30.7 Å². The predicted molar refractivity (Wildman–Crippen MR) is 79.0 cm³/mol. The Kier molecular flexibility index (Phi) is 4.21. The van der Waals surface area contributed by atoms with Crippen molar-refractivity contribution < 1.29 is 8.42 Å². The SMILES string of the molecule is CC(C1CC1)N(C)S(=O)(=O)c1ccc(Br)cc1Br. The van der Waals surface area contributed by atoms with Crippen molar-refractivity contribution in [3.8, 4) is 0 Å². The number of hydrogen-bond donors (Lipinski definition) is 0. The van der Waals surface area contributed by atoms with Crippen LogP contribution in [-0.4, -0.2) is 25.8 Å². The molecule has 0 saturated heterocycles. The molecule has 100 valence electrons. The van der Waals surface area contributed by atoms with Gasteiger partial charge in [0, 0.05) is 22.0 Å². The number of benzene rings is 1. The maximum atomic E-state index is 12.5. The summed E-state index contributed by atoms with van der Waals surface area (Å²) < 4.78 is 28.0. The monoisotopic (exact) mass is 395 g/mol. The lowest BCUT2D eigenvalue weighted by Crippen LogP contribution is -2.36. The van der Waals surface area contributed by atoms with Gasteiger partial charge in [0.1, 0.15) is 0 Å². The van der Waals surface area contributed by atoms with Gasteiger partial charge in [-0.3, -0.25) is 0 Å². The van der Waals surface area contributed by atoms with Gasteiger partial charge in [0.05, 0.1) is 4.90 Å². The van der Waals surface area contributed by atoms with Gasteiger partial charge in [0.25, 0.3) is 0 Å². The molecule has 1 saturated carbocycles. The zero-order valence-corrected chi connectivity index (χ0v) is 14.2. The third kappa shape index (κ3) is 2.81. The number of nitrogens with zero attached hydrogens (tertiary/aromatic N) is 1. The number of hydrogen-bond acceptors (Lipinski definition) is 2. The van der Waals surface area contributed by atoms with E-state index in [0.717, 1.165) is 17.3 Å². The molecule has 1 aromatic rings. The van der Waals surface area contributed by atoms with Crippen LogP contribution in [0.2, 0.25) is 0 Å². The Balaban J connectivity index is 2.34. The molecule has 0 aromatic heterocycles. The van der Waals surface area contributed by atoms with Crippen LogP contribution in [0.3, 0.4) is 0 Å². The van der Waals surface area contributed by atoms with Crippen molar-refractivity contribution in [3.63, 3.8) is 0 Å². The average molecular weight is 397 g/mol. The van der Waals surface area contributed by atoms with Gasteiger partial charge in [-0.05, 0) is 59.8 Å². The fraction of sp³-hybridized carbons (Fsp3) is 0.500. The molecule has 1 aromatic carbocycles. The zero-order chi connectivity index (χ0) is 13.5. The Labute approximate surface area is 125 Å². The highest BCUT2D eigenvalue weighted by Gasteiger charge is 2.36. The smallest absolute Gasteiger partial charge is 0.207 e. The summed E-state index contributed by atoms with van der Waals surface area (Å²) in [6.45, 7) is 1.97. The highest BCUT2D eigenvalue weighted by atomic mass is 79.9. The maximum Gasteiger partial charge on any atom is 0.244 e. The van der Waals surface area contributed by atoms with E-state index in [1.54, 1.807) is 25.2 Å². The highest BCUT2D eigenvalue weighted by Crippen LogP contribution is 2.37. The summed E-state index contributed by atoms with van der Waals surface area (Å²) in [6, 6.07) is 5.18. The molecule has 3 nitrogen and oxygen atoms in total. The second-order valence-corrected chi connectivity index (χ2v) is 8.41. The summed E-state index contributed by atoms with van der Waals surface area (Å²) in [5.41, 5.74) is 0. The van der Waals surface area contributed by atoms with Crippen LogP contribution < -0.4 is 0 Å². The van der Waals surface area contributed by atoms with Crippen LogP contribution in [0.15, 0.2) is 32.0 Å². The maximum absolute atomic E-state index is 12.5. The van der Waals surface area contributed by atoms with Crippen molar-refractivity contribution in [2.24, 2.45) is 5.92 Å². The molecule has 0 radical (unpaired) electrons. The van der Waals surface area contributed by atoms with Crippen LogP contribution in [0.25, 0.3) is 0 Å². The number of sulfonamides is 1. The molecule has 1 aliphatic rings. The van der Waals surface area contributed by atoms with Crippen molar-refractivity contribution >= 4 is 41.9 Å². The molecule has 18 heavy (non-hydrogen) atoms. The third-order valence-corrected chi connectivity index (χ3v) is 6.84. The van der Waals surface area contributed by atoms with Crippen LogP contribution in [-0.2, 0) is 10.0 Å². The second-order valence-electron chi connectivity index (χ2n) is 4.67. The molecule has 1 unspecified atom stereocenters. The zero-order valence-electron chi connectivity index (χ0n) is 10.2. The minimum absolute atomic E-state index is 0.0607. The summed E-state index contributed by atoms with van der Waals surface area (Å²) in [6.07, 6.45) is 2.26. The molecule has 2 rings (SSSR count). The molecule has 0 aliphatic heterocycles. The van der Waals surface area contributed by atoms with E-state index in [2.05, 4.69) is 31.9 Å². The molecule has 1 atom stereocenters. The molecule has 0 amide bonds. The lowest BCUT2D eigenvalue weighted by molar-refractivity contribution is 0.357. The van der Waals surface area contributed by atoms with E-state index in [1.165, 1.54) is 4.31 Å². The Bertz CT molecular complexity index is 555.